The largest absolute Gasteiger partial charge is 0.396 e. The summed E-state index contributed by atoms with van der Waals surface area (Å²) < 4.78 is 11.9. The molecule has 116 valence electrons. The van der Waals surface area contributed by atoms with Crippen molar-refractivity contribution in [3.8, 4) is 0 Å². The quantitative estimate of drug-likeness (QED) is 0.659. The van der Waals surface area contributed by atoms with Crippen molar-refractivity contribution in [2.24, 2.45) is 5.92 Å². The van der Waals surface area contributed by atoms with Gasteiger partial charge in [0.15, 0.2) is 0 Å². The molecule has 0 radical (unpaired) electrons. The third-order valence-electron chi connectivity index (χ3n) is 4.74. The molecule has 0 bridgehead atoms. The van der Waals surface area contributed by atoms with Crippen LogP contribution in [0.4, 0.5) is 0 Å². The van der Waals surface area contributed by atoms with Gasteiger partial charge in [0.2, 0.25) is 0 Å². The van der Waals surface area contributed by atoms with Gasteiger partial charge in [-0.3, -0.25) is 0 Å². The Morgan fingerprint density at radius 1 is 1.11 bits per heavy atom. The molecular formula is C16H34O3. The number of ether oxygens (including phenoxy) is 2. The molecular weight excluding hydrogens is 240 g/mol. The van der Waals surface area contributed by atoms with Gasteiger partial charge in [0.25, 0.3) is 0 Å². The van der Waals surface area contributed by atoms with Gasteiger partial charge in [0.1, 0.15) is 0 Å². The van der Waals surface area contributed by atoms with E-state index in [4.69, 9.17) is 14.6 Å². The van der Waals surface area contributed by atoms with Crippen molar-refractivity contribution < 1.29 is 14.6 Å². The highest BCUT2D eigenvalue weighted by Crippen LogP contribution is 2.32. The molecule has 3 nitrogen and oxygen atoms in total. The highest BCUT2D eigenvalue weighted by atomic mass is 16.5. The van der Waals surface area contributed by atoms with E-state index in [1.165, 1.54) is 0 Å². The van der Waals surface area contributed by atoms with Crippen LogP contribution in [-0.2, 0) is 9.47 Å². The summed E-state index contributed by atoms with van der Waals surface area (Å²) in [6, 6.07) is 0. The Labute approximate surface area is 119 Å². The van der Waals surface area contributed by atoms with E-state index in [1.54, 1.807) is 7.11 Å². The summed E-state index contributed by atoms with van der Waals surface area (Å²) in [5.41, 5.74) is -0.293. The lowest BCUT2D eigenvalue weighted by Gasteiger charge is -2.39. The fourth-order valence-electron chi connectivity index (χ4n) is 2.53. The highest BCUT2D eigenvalue weighted by molar-refractivity contribution is 4.83. The second-order valence-corrected chi connectivity index (χ2v) is 6.22. The molecule has 0 spiro atoms. The lowest BCUT2D eigenvalue weighted by Crippen LogP contribution is -2.41. The SMILES string of the molecule is CCC(C)(CC(C)OC(C)(CC)C(C)CCO)OC. The number of rotatable bonds is 10. The van der Waals surface area contributed by atoms with Gasteiger partial charge < -0.3 is 14.6 Å². The first-order chi connectivity index (χ1) is 8.76. The van der Waals surface area contributed by atoms with Gasteiger partial charge >= 0.3 is 0 Å². The molecule has 0 rings (SSSR count). The molecule has 0 saturated heterocycles. The number of hydrogen-bond acceptors (Lipinski definition) is 3. The molecule has 1 N–H and O–H groups in total. The summed E-state index contributed by atoms with van der Waals surface area (Å²) in [7, 11) is 1.77. The smallest absolute Gasteiger partial charge is 0.0681 e. The molecule has 0 fully saturated rings. The maximum Gasteiger partial charge on any atom is 0.0681 e. The summed E-state index contributed by atoms with van der Waals surface area (Å²) in [5.74, 6) is 0.348. The minimum Gasteiger partial charge on any atom is -0.396 e. The van der Waals surface area contributed by atoms with Gasteiger partial charge in [-0.2, -0.15) is 0 Å². The molecule has 4 unspecified atom stereocenters. The Hall–Kier alpha value is -0.120. The van der Waals surface area contributed by atoms with E-state index >= 15 is 0 Å². The molecule has 0 aromatic rings. The first-order valence-corrected chi connectivity index (χ1v) is 7.60. The van der Waals surface area contributed by atoms with Gasteiger partial charge in [-0.25, -0.2) is 0 Å². The van der Waals surface area contributed by atoms with Crippen molar-refractivity contribution in [1.29, 1.82) is 0 Å². The molecule has 0 aromatic carbocycles. The molecule has 0 aliphatic rings. The van der Waals surface area contributed by atoms with E-state index in [1.807, 2.05) is 0 Å². The Morgan fingerprint density at radius 2 is 1.68 bits per heavy atom. The Bertz CT molecular complexity index is 238. The van der Waals surface area contributed by atoms with Crippen LogP contribution in [0, 0.1) is 5.92 Å². The lowest BCUT2D eigenvalue weighted by atomic mass is 9.85. The van der Waals surface area contributed by atoms with Crippen LogP contribution in [-0.4, -0.2) is 36.1 Å². The predicted molar refractivity (Wildman–Crippen MR) is 80.4 cm³/mol. The zero-order valence-electron chi connectivity index (χ0n) is 14.0. The van der Waals surface area contributed by atoms with Crippen LogP contribution in [0.25, 0.3) is 0 Å². The van der Waals surface area contributed by atoms with E-state index in [9.17, 15) is 0 Å². The van der Waals surface area contributed by atoms with Crippen LogP contribution in [0.5, 0.6) is 0 Å². The predicted octanol–water partition coefficient (Wildman–Crippen LogP) is 3.78. The van der Waals surface area contributed by atoms with Crippen LogP contribution in [0.15, 0.2) is 0 Å². The minimum absolute atomic E-state index is 0.117. The van der Waals surface area contributed by atoms with Crippen LogP contribution in [0.1, 0.15) is 67.2 Å². The second-order valence-electron chi connectivity index (χ2n) is 6.22. The molecule has 0 aromatic heterocycles. The van der Waals surface area contributed by atoms with Crippen LogP contribution >= 0.6 is 0 Å². The molecule has 0 heterocycles. The summed E-state index contributed by atoms with van der Waals surface area (Å²) in [4.78, 5) is 0. The second kappa shape index (κ2) is 8.23. The van der Waals surface area contributed by atoms with E-state index in [2.05, 4.69) is 41.5 Å². The normalized spacial score (nSPS) is 21.5. The molecule has 3 heteroatoms. The fraction of sp³-hybridized carbons (Fsp3) is 1.00. The molecule has 0 aliphatic heterocycles. The molecule has 0 saturated carbocycles. The monoisotopic (exact) mass is 274 g/mol. The van der Waals surface area contributed by atoms with Gasteiger partial charge in [-0.15, -0.1) is 0 Å². The Morgan fingerprint density at radius 3 is 2.05 bits per heavy atom. The number of methoxy groups -OCH3 is 1. The van der Waals surface area contributed by atoms with Gasteiger partial charge in [0, 0.05) is 20.1 Å². The third-order valence-corrected chi connectivity index (χ3v) is 4.74. The van der Waals surface area contributed by atoms with Crippen molar-refractivity contribution in [3.05, 3.63) is 0 Å². The molecule has 4 atom stereocenters. The number of aliphatic hydroxyl groups is 1. The van der Waals surface area contributed by atoms with Crippen LogP contribution in [0.2, 0.25) is 0 Å². The van der Waals surface area contributed by atoms with Crippen molar-refractivity contribution in [3.63, 3.8) is 0 Å². The number of aliphatic hydroxyl groups excluding tert-OH is 1. The van der Waals surface area contributed by atoms with Gasteiger partial charge in [0.05, 0.1) is 17.3 Å². The summed E-state index contributed by atoms with van der Waals surface area (Å²) >= 11 is 0. The maximum atomic E-state index is 9.12. The average Bonchev–Trinajstić information content (AvgIpc) is 2.38. The fourth-order valence-corrected chi connectivity index (χ4v) is 2.53. The lowest BCUT2D eigenvalue weighted by molar-refractivity contribution is -0.137. The van der Waals surface area contributed by atoms with Crippen molar-refractivity contribution in [1.82, 2.24) is 0 Å². The van der Waals surface area contributed by atoms with Crippen molar-refractivity contribution in [2.75, 3.05) is 13.7 Å². The van der Waals surface area contributed by atoms with Crippen molar-refractivity contribution in [2.45, 2.75) is 84.5 Å². The van der Waals surface area contributed by atoms with E-state index in [0.29, 0.717) is 5.92 Å². The van der Waals surface area contributed by atoms with Gasteiger partial charge in [-0.05, 0) is 46.0 Å². The maximum absolute atomic E-state index is 9.12. The standard InChI is InChI=1S/C16H34O3/c1-8-15(5,18-7)12-14(4)19-16(6,9-2)13(3)10-11-17/h13-14,17H,8-12H2,1-7H3. The number of hydrogen-bond donors (Lipinski definition) is 1. The Balaban J connectivity index is 4.61. The van der Waals surface area contributed by atoms with Gasteiger partial charge in [-0.1, -0.05) is 20.8 Å². The summed E-state index contributed by atoms with van der Waals surface area (Å²) in [5, 5.41) is 9.12. The van der Waals surface area contributed by atoms with E-state index in [-0.39, 0.29) is 23.9 Å². The molecule has 0 aliphatic carbocycles. The first-order valence-electron chi connectivity index (χ1n) is 7.60. The van der Waals surface area contributed by atoms with E-state index < -0.39 is 0 Å². The van der Waals surface area contributed by atoms with Crippen LogP contribution in [0.3, 0.4) is 0 Å². The summed E-state index contributed by atoms with van der Waals surface area (Å²) in [6.45, 7) is 13.1. The molecule has 0 amide bonds. The summed E-state index contributed by atoms with van der Waals surface area (Å²) in [6.07, 6.45) is 3.75. The third kappa shape index (κ3) is 5.80. The first kappa shape index (κ1) is 18.9. The molecule has 19 heavy (non-hydrogen) atoms. The average molecular weight is 274 g/mol. The topological polar surface area (TPSA) is 38.7 Å². The Kier molecular flexibility index (Phi) is 8.18. The van der Waals surface area contributed by atoms with Crippen molar-refractivity contribution >= 4 is 0 Å². The zero-order valence-corrected chi connectivity index (χ0v) is 14.0. The highest BCUT2D eigenvalue weighted by Gasteiger charge is 2.34. The minimum atomic E-state index is -0.176. The van der Waals surface area contributed by atoms with E-state index in [0.717, 1.165) is 25.7 Å². The van der Waals surface area contributed by atoms with Crippen LogP contribution < -0.4 is 0 Å². The zero-order chi connectivity index (χ0) is 15.1.